The molecule has 0 bridgehead atoms. The molecule has 1 fully saturated rings. The zero-order valence-electron chi connectivity index (χ0n) is 15.1. The van der Waals surface area contributed by atoms with E-state index < -0.39 is 15.4 Å². The minimum Gasteiger partial charge on any atom is -0.354 e. The molecule has 2 N–H and O–H groups in total. The van der Waals surface area contributed by atoms with Crippen molar-refractivity contribution in [3.05, 3.63) is 65.2 Å². The highest BCUT2D eigenvalue weighted by molar-refractivity contribution is 7.89. The molecule has 1 aliphatic carbocycles. The van der Waals surface area contributed by atoms with Crippen molar-refractivity contribution in [2.75, 3.05) is 13.1 Å². The van der Waals surface area contributed by atoms with E-state index in [1.54, 1.807) is 19.1 Å². The van der Waals surface area contributed by atoms with Gasteiger partial charge in [-0.3, -0.25) is 4.79 Å². The molecule has 0 heterocycles. The number of amides is 1. The van der Waals surface area contributed by atoms with Gasteiger partial charge in [0.05, 0.1) is 10.3 Å². The molecule has 5 nitrogen and oxygen atoms in total. The quantitative estimate of drug-likeness (QED) is 0.733. The van der Waals surface area contributed by atoms with E-state index in [0.29, 0.717) is 5.56 Å². The maximum Gasteiger partial charge on any atom is 0.240 e. The molecule has 1 saturated carbocycles. The molecule has 0 aliphatic heterocycles. The van der Waals surface area contributed by atoms with Crippen LogP contribution in [0.1, 0.15) is 29.5 Å². The Morgan fingerprint density at radius 2 is 1.73 bits per heavy atom. The van der Waals surface area contributed by atoms with Crippen LogP contribution in [0.15, 0.2) is 53.4 Å². The fourth-order valence-electron chi connectivity index (χ4n) is 3.13. The molecule has 1 aliphatic rings. The van der Waals surface area contributed by atoms with Crippen LogP contribution in [0.5, 0.6) is 0 Å². The highest BCUT2D eigenvalue weighted by Crippen LogP contribution is 2.48. The fourth-order valence-corrected chi connectivity index (χ4v) is 4.49. The first-order valence-electron chi connectivity index (χ1n) is 8.76. The third kappa shape index (κ3) is 3.81. The average molecular weight is 372 g/mol. The number of nitrogens with one attached hydrogen (secondary N) is 2. The second-order valence-corrected chi connectivity index (χ2v) is 8.61. The molecule has 0 spiro atoms. The van der Waals surface area contributed by atoms with Crippen molar-refractivity contribution in [2.45, 2.75) is 37.0 Å². The van der Waals surface area contributed by atoms with Crippen molar-refractivity contribution in [1.82, 2.24) is 10.0 Å². The molecule has 0 atom stereocenters. The Hall–Kier alpha value is -2.18. The van der Waals surface area contributed by atoms with Gasteiger partial charge >= 0.3 is 0 Å². The normalized spacial score (nSPS) is 15.5. The first kappa shape index (κ1) is 18.6. The molecule has 0 saturated heterocycles. The van der Waals surface area contributed by atoms with E-state index in [-0.39, 0.29) is 23.9 Å². The largest absolute Gasteiger partial charge is 0.354 e. The van der Waals surface area contributed by atoms with E-state index in [0.717, 1.165) is 24.0 Å². The van der Waals surface area contributed by atoms with Gasteiger partial charge in [-0.2, -0.15) is 0 Å². The topological polar surface area (TPSA) is 75.3 Å². The molecule has 0 unspecified atom stereocenters. The Morgan fingerprint density at radius 3 is 2.38 bits per heavy atom. The van der Waals surface area contributed by atoms with E-state index in [2.05, 4.69) is 10.0 Å². The van der Waals surface area contributed by atoms with Crippen molar-refractivity contribution < 1.29 is 13.2 Å². The van der Waals surface area contributed by atoms with Crippen molar-refractivity contribution in [1.29, 1.82) is 0 Å². The van der Waals surface area contributed by atoms with Gasteiger partial charge in [-0.15, -0.1) is 0 Å². The van der Waals surface area contributed by atoms with Crippen LogP contribution >= 0.6 is 0 Å². The second-order valence-electron chi connectivity index (χ2n) is 6.87. The van der Waals surface area contributed by atoms with Gasteiger partial charge in [-0.25, -0.2) is 13.1 Å². The predicted octanol–water partition coefficient (Wildman–Crippen LogP) is 2.43. The molecule has 6 heteroatoms. The van der Waals surface area contributed by atoms with E-state index in [9.17, 15) is 13.2 Å². The molecule has 2 aromatic rings. The smallest absolute Gasteiger partial charge is 0.240 e. The van der Waals surface area contributed by atoms with Crippen LogP contribution in [0.2, 0.25) is 0 Å². The summed E-state index contributed by atoms with van der Waals surface area (Å²) in [5, 5.41) is 2.87. The standard InChI is InChI=1S/C20H24N2O3S/c1-15-8-9-16(2)18(14-15)26(24,25)22-13-12-21-19(23)20(10-11-20)17-6-4-3-5-7-17/h3-9,14,22H,10-13H2,1-2H3,(H,21,23). The van der Waals surface area contributed by atoms with Crippen LogP contribution in [0, 0.1) is 13.8 Å². The summed E-state index contributed by atoms with van der Waals surface area (Å²) in [7, 11) is -3.58. The molecule has 0 aromatic heterocycles. The molecule has 2 aromatic carbocycles. The third-order valence-electron chi connectivity index (χ3n) is 4.85. The van der Waals surface area contributed by atoms with E-state index in [4.69, 9.17) is 0 Å². The molecule has 1 amide bonds. The Labute approximate surface area is 154 Å². The Balaban J connectivity index is 1.56. The lowest BCUT2D eigenvalue weighted by Crippen LogP contribution is -2.39. The number of hydrogen-bond donors (Lipinski definition) is 2. The number of benzene rings is 2. The van der Waals surface area contributed by atoms with Crippen LogP contribution < -0.4 is 10.0 Å². The molecule has 0 radical (unpaired) electrons. The van der Waals surface area contributed by atoms with Crippen molar-refractivity contribution in [2.24, 2.45) is 0 Å². The van der Waals surface area contributed by atoms with Gasteiger partial charge in [-0.1, -0.05) is 42.5 Å². The summed E-state index contributed by atoms with van der Waals surface area (Å²) in [6, 6.07) is 15.1. The number of aryl methyl sites for hydroxylation is 2. The molecule has 3 rings (SSSR count). The van der Waals surface area contributed by atoms with Crippen LogP contribution in [-0.2, 0) is 20.2 Å². The van der Waals surface area contributed by atoms with Gasteiger partial charge in [0.25, 0.3) is 0 Å². The Kier molecular flexibility index (Phi) is 5.16. The summed E-state index contributed by atoms with van der Waals surface area (Å²) < 4.78 is 27.5. The maximum absolute atomic E-state index is 12.5. The number of hydrogen-bond acceptors (Lipinski definition) is 3. The Bertz CT molecular complexity index is 904. The van der Waals surface area contributed by atoms with Gasteiger partial charge in [-0.05, 0) is 49.4 Å². The van der Waals surface area contributed by atoms with Crippen molar-refractivity contribution in [3.63, 3.8) is 0 Å². The lowest BCUT2D eigenvalue weighted by molar-refractivity contribution is -0.123. The summed E-state index contributed by atoms with van der Waals surface area (Å²) in [5.41, 5.74) is 2.18. The van der Waals surface area contributed by atoms with Gasteiger partial charge in [0, 0.05) is 13.1 Å². The second kappa shape index (κ2) is 7.21. The molecular formula is C20H24N2O3S. The summed E-state index contributed by atoms with van der Waals surface area (Å²) >= 11 is 0. The summed E-state index contributed by atoms with van der Waals surface area (Å²) in [6.07, 6.45) is 1.66. The minimum atomic E-state index is -3.58. The van der Waals surface area contributed by atoms with E-state index in [1.165, 1.54) is 0 Å². The van der Waals surface area contributed by atoms with Crippen LogP contribution in [0.25, 0.3) is 0 Å². The third-order valence-corrected chi connectivity index (χ3v) is 6.45. The summed E-state index contributed by atoms with van der Waals surface area (Å²) in [6.45, 7) is 4.05. The number of carbonyl (C=O) groups is 1. The highest BCUT2D eigenvalue weighted by atomic mass is 32.2. The zero-order valence-corrected chi connectivity index (χ0v) is 15.9. The van der Waals surface area contributed by atoms with Crippen molar-refractivity contribution in [3.8, 4) is 0 Å². The lowest BCUT2D eigenvalue weighted by Gasteiger charge is -2.16. The monoisotopic (exact) mass is 372 g/mol. The van der Waals surface area contributed by atoms with E-state index >= 15 is 0 Å². The lowest BCUT2D eigenvalue weighted by atomic mass is 9.95. The zero-order chi connectivity index (χ0) is 18.8. The minimum absolute atomic E-state index is 0.0327. The van der Waals surface area contributed by atoms with Crippen LogP contribution in [-0.4, -0.2) is 27.4 Å². The summed E-state index contributed by atoms with van der Waals surface area (Å²) in [5.74, 6) is -0.0327. The van der Waals surface area contributed by atoms with E-state index in [1.807, 2.05) is 43.3 Å². The Morgan fingerprint density at radius 1 is 1.04 bits per heavy atom. The molecule has 26 heavy (non-hydrogen) atoms. The first-order valence-corrected chi connectivity index (χ1v) is 10.2. The molecule has 138 valence electrons. The SMILES string of the molecule is Cc1ccc(C)c(S(=O)(=O)NCCNC(=O)C2(c3ccccc3)CC2)c1. The van der Waals surface area contributed by atoms with Gasteiger partial charge in [0.2, 0.25) is 15.9 Å². The van der Waals surface area contributed by atoms with Crippen molar-refractivity contribution >= 4 is 15.9 Å². The van der Waals surface area contributed by atoms with Gasteiger partial charge in [0.15, 0.2) is 0 Å². The predicted molar refractivity (Wildman–Crippen MR) is 101 cm³/mol. The summed E-state index contributed by atoms with van der Waals surface area (Å²) in [4.78, 5) is 12.8. The maximum atomic E-state index is 12.5. The van der Waals surface area contributed by atoms with Gasteiger partial charge in [0.1, 0.15) is 0 Å². The highest BCUT2D eigenvalue weighted by Gasteiger charge is 2.50. The number of carbonyl (C=O) groups excluding carboxylic acids is 1. The number of rotatable bonds is 7. The fraction of sp³-hybridized carbons (Fsp3) is 0.350. The van der Waals surface area contributed by atoms with Crippen LogP contribution in [0.4, 0.5) is 0 Å². The van der Waals surface area contributed by atoms with Crippen LogP contribution in [0.3, 0.4) is 0 Å². The molecular weight excluding hydrogens is 348 g/mol. The average Bonchev–Trinajstić information content (AvgIpc) is 3.43. The first-order chi connectivity index (χ1) is 12.3. The van der Waals surface area contributed by atoms with Gasteiger partial charge < -0.3 is 5.32 Å². The number of sulfonamides is 1.